The van der Waals surface area contributed by atoms with Gasteiger partial charge in [-0.05, 0) is 55.9 Å². The van der Waals surface area contributed by atoms with Crippen LogP contribution in [0.3, 0.4) is 0 Å². The third-order valence-corrected chi connectivity index (χ3v) is 5.78. The van der Waals surface area contributed by atoms with Gasteiger partial charge in [-0.3, -0.25) is 9.20 Å². The Morgan fingerprint density at radius 3 is 3.00 bits per heavy atom. The predicted molar refractivity (Wildman–Crippen MR) is 97.4 cm³/mol. The third kappa shape index (κ3) is 3.24. The summed E-state index contributed by atoms with van der Waals surface area (Å²) in [6.45, 7) is 1.02. The Labute approximate surface area is 149 Å². The number of thiophene rings is 1. The van der Waals surface area contributed by atoms with Gasteiger partial charge in [0.1, 0.15) is 0 Å². The second-order valence-electron chi connectivity index (χ2n) is 6.31. The van der Waals surface area contributed by atoms with E-state index in [2.05, 4.69) is 10.4 Å². The standard InChI is InChI=1S/C18H20N4O2S/c23-17(15-12-13-6-1-2-7-14(13)25-15)19-9-5-11-22-18(24)21-10-4-3-8-16(21)20-22/h3-4,8,10,12H,1-2,5-7,9,11H2,(H,19,23). The molecule has 0 radical (unpaired) electrons. The van der Waals surface area contributed by atoms with Gasteiger partial charge in [0.05, 0.1) is 4.88 Å². The van der Waals surface area contributed by atoms with Crippen molar-refractivity contribution >= 4 is 22.9 Å². The maximum Gasteiger partial charge on any atom is 0.350 e. The number of amides is 1. The number of nitrogens with zero attached hydrogens (tertiary/aromatic N) is 3. The largest absolute Gasteiger partial charge is 0.351 e. The van der Waals surface area contributed by atoms with E-state index < -0.39 is 0 Å². The number of hydrogen-bond acceptors (Lipinski definition) is 4. The molecule has 7 heteroatoms. The normalized spacial score (nSPS) is 13.8. The van der Waals surface area contributed by atoms with Crippen molar-refractivity contribution in [2.24, 2.45) is 0 Å². The lowest BCUT2D eigenvalue weighted by atomic mass is 9.99. The summed E-state index contributed by atoms with van der Waals surface area (Å²) in [6, 6.07) is 7.51. The summed E-state index contributed by atoms with van der Waals surface area (Å²) in [5.41, 5.74) is 1.84. The van der Waals surface area contributed by atoms with Crippen molar-refractivity contribution in [1.29, 1.82) is 0 Å². The molecule has 0 spiro atoms. The van der Waals surface area contributed by atoms with Crippen molar-refractivity contribution < 1.29 is 4.79 Å². The minimum atomic E-state index is -0.146. The summed E-state index contributed by atoms with van der Waals surface area (Å²) < 4.78 is 2.97. The van der Waals surface area contributed by atoms with Gasteiger partial charge in [0.2, 0.25) is 0 Å². The van der Waals surface area contributed by atoms with E-state index in [0.717, 1.165) is 17.7 Å². The van der Waals surface area contributed by atoms with Gasteiger partial charge < -0.3 is 5.32 Å². The summed E-state index contributed by atoms with van der Waals surface area (Å²) in [5.74, 6) is -0.0123. The van der Waals surface area contributed by atoms with Crippen molar-refractivity contribution in [2.45, 2.75) is 38.6 Å². The molecule has 1 N–H and O–H groups in total. The molecule has 3 aromatic heterocycles. The highest BCUT2D eigenvalue weighted by Crippen LogP contribution is 2.29. The SMILES string of the molecule is O=C(NCCCn1nc2ccccn2c1=O)c1cc2c(s1)CCCC2. The zero-order valence-electron chi connectivity index (χ0n) is 13.9. The van der Waals surface area contributed by atoms with Crippen LogP contribution in [0.5, 0.6) is 0 Å². The van der Waals surface area contributed by atoms with Gasteiger partial charge in [-0.1, -0.05) is 6.07 Å². The average Bonchev–Trinajstić information content (AvgIpc) is 3.20. The molecule has 1 amide bonds. The van der Waals surface area contributed by atoms with E-state index >= 15 is 0 Å². The van der Waals surface area contributed by atoms with E-state index in [4.69, 9.17) is 0 Å². The van der Waals surface area contributed by atoms with Gasteiger partial charge in [0.15, 0.2) is 5.65 Å². The Hall–Kier alpha value is -2.41. The number of fused-ring (bicyclic) bond motifs is 2. The summed E-state index contributed by atoms with van der Waals surface area (Å²) in [6.07, 6.45) is 7.02. The van der Waals surface area contributed by atoms with Crippen LogP contribution in [0.4, 0.5) is 0 Å². The van der Waals surface area contributed by atoms with E-state index in [1.165, 1.54) is 32.4 Å². The first-order valence-electron chi connectivity index (χ1n) is 8.66. The molecule has 0 fully saturated rings. The molecule has 130 valence electrons. The highest BCUT2D eigenvalue weighted by Gasteiger charge is 2.17. The van der Waals surface area contributed by atoms with Crippen molar-refractivity contribution in [3.05, 3.63) is 56.3 Å². The van der Waals surface area contributed by atoms with Gasteiger partial charge in [0.25, 0.3) is 5.91 Å². The molecule has 4 rings (SSSR count). The van der Waals surface area contributed by atoms with Gasteiger partial charge in [-0.2, -0.15) is 0 Å². The van der Waals surface area contributed by atoms with E-state index in [0.29, 0.717) is 25.2 Å². The Kier molecular flexibility index (Phi) is 4.40. The number of aromatic nitrogens is 3. The fourth-order valence-electron chi connectivity index (χ4n) is 3.23. The quantitative estimate of drug-likeness (QED) is 0.713. The Morgan fingerprint density at radius 1 is 1.28 bits per heavy atom. The topological polar surface area (TPSA) is 68.4 Å². The van der Waals surface area contributed by atoms with Gasteiger partial charge in [0, 0.05) is 24.2 Å². The lowest BCUT2D eigenvalue weighted by Crippen LogP contribution is -2.27. The molecule has 25 heavy (non-hydrogen) atoms. The van der Waals surface area contributed by atoms with Gasteiger partial charge >= 0.3 is 5.69 Å². The second-order valence-corrected chi connectivity index (χ2v) is 7.45. The zero-order chi connectivity index (χ0) is 17.2. The maximum absolute atomic E-state index is 12.3. The van der Waals surface area contributed by atoms with Crippen LogP contribution < -0.4 is 11.0 Å². The average molecular weight is 356 g/mol. The summed E-state index contributed by atoms with van der Waals surface area (Å²) in [4.78, 5) is 26.6. The van der Waals surface area contributed by atoms with Crippen LogP contribution in [-0.2, 0) is 19.4 Å². The van der Waals surface area contributed by atoms with Crippen LogP contribution in [-0.4, -0.2) is 26.6 Å². The molecule has 0 saturated heterocycles. The van der Waals surface area contributed by atoms with Crippen LogP contribution in [0.1, 0.15) is 39.4 Å². The predicted octanol–water partition coefficient (Wildman–Crippen LogP) is 2.26. The highest BCUT2D eigenvalue weighted by molar-refractivity contribution is 7.14. The van der Waals surface area contributed by atoms with Crippen LogP contribution in [0.2, 0.25) is 0 Å². The molecule has 0 unspecified atom stereocenters. The number of aryl methyl sites for hydroxylation is 3. The molecule has 3 heterocycles. The summed E-state index contributed by atoms with van der Waals surface area (Å²) >= 11 is 1.62. The Morgan fingerprint density at radius 2 is 2.16 bits per heavy atom. The summed E-state index contributed by atoms with van der Waals surface area (Å²) in [5, 5.41) is 7.24. The fraction of sp³-hybridized carbons (Fsp3) is 0.389. The smallest absolute Gasteiger partial charge is 0.350 e. The minimum absolute atomic E-state index is 0.0123. The molecular weight excluding hydrogens is 336 g/mol. The molecule has 1 aliphatic rings. The van der Waals surface area contributed by atoms with E-state index in [-0.39, 0.29) is 11.6 Å². The lowest BCUT2D eigenvalue weighted by molar-refractivity contribution is 0.0956. The number of hydrogen-bond donors (Lipinski definition) is 1. The second kappa shape index (κ2) is 6.84. The first kappa shape index (κ1) is 16.1. The van der Waals surface area contributed by atoms with Crippen LogP contribution in [0, 0.1) is 0 Å². The number of nitrogens with one attached hydrogen (secondary N) is 1. The van der Waals surface area contributed by atoms with Crippen molar-refractivity contribution in [2.75, 3.05) is 6.54 Å². The van der Waals surface area contributed by atoms with Crippen molar-refractivity contribution in [1.82, 2.24) is 19.5 Å². The molecule has 6 nitrogen and oxygen atoms in total. The first-order chi connectivity index (χ1) is 12.2. The molecule has 0 bridgehead atoms. The molecule has 1 aliphatic carbocycles. The van der Waals surface area contributed by atoms with Crippen LogP contribution in [0.15, 0.2) is 35.3 Å². The van der Waals surface area contributed by atoms with Crippen LogP contribution >= 0.6 is 11.3 Å². The molecule has 0 saturated carbocycles. The molecule has 3 aromatic rings. The third-order valence-electron chi connectivity index (χ3n) is 4.54. The lowest BCUT2D eigenvalue weighted by Gasteiger charge is -2.08. The number of carbonyl (C=O) groups excluding carboxylic acids is 1. The monoisotopic (exact) mass is 356 g/mol. The summed E-state index contributed by atoms with van der Waals surface area (Å²) in [7, 11) is 0. The Bertz CT molecular complexity index is 946. The van der Waals surface area contributed by atoms with Crippen molar-refractivity contribution in [3.8, 4) is 0 Å². The molecular formula is C18H20N4O2S. The number of carbonyl (C=O) groups is 1. The van der Waals surface area contributed by atoms with Gasteiger partial charge in [-0.25, -0.2) is 9.48 Å². The van der Waals surface area contributed by atoms with Crippen molar-refractivity contribution in [3.63, 3.8) is 0 Å². The highest BCUT2D eigenvalue weighted by atomic mass is 32.1. The van der Waals surface area contributed by atoms with E-state index in [9.17, 15) is 9.59 Å². The molecule has 0 aliphatic heterocycles. The van der Waals surface area contributed by atoms with Crippen LogP contribution in [0.25, 0.3) is 5.65 Å². The van der Waals surface area contributed by atoms with E-state index in [1.54, 1.807) is 29.7 Å². The molecule has 0 aromatic carbocycles. The fourth-order valence-corrected chi connectivity index (χ4v) is 4.40. The van der Waals surface area contributed by atoms with E-state index in [1.807, 2.05) is 12.1 Å². The number of rotatable bonds is 5. The Balaban J connectivity index is 1.33. The first-order valence-corrected chi connectivity index (χ1v) is 9.48. The minimum Gasteiger partial charge on any atom is -0.351 e. The zero-order valence-corrected chi connectivity index (χ0v) is 14.7. The number of pyridine rings is 1. The molecule has 0 atom stereocenters. The van der Waals surface area contributed by atoms with Gasteiger partial charge in [-0.15, -0.1) is 16.4 Å². The maximum atomic E-state index is 12.3.